The molecule has 1 N–H and O–H groups in total. The number of carboxylic acid groups (broad SMARTS) is 1. The lowest BCUT2D eigenvalue weighted by Gasteiger charge is -2.21. The van der Waals surface area contributed by atoms with Crippen LogP contribution in [0.2, 0.25) is 0 Å². The largest absolute Gasteiger partial charge is 0.478 e. The highest BCUT2D eigenvalue weighted by molar-refractivity contribution is 5.85. The minimum absolute atomic E-state index is 0.756. The summed E-state index contributed by atoms with van der Waals surface area (Å²) >= 11 is 0. The Hall–Kier alpha value is -2.55. The molecule has 0 amide bonds. The normalized spacial score (nSPS) is 12.6. The van der Waals surface area contributed by atoms with Crippen molar-refractivity contribution in [3.63, 3.8) is 0 Å². The molecule has 3 heteroatoms. The second-order valence-electron chi connectivity index (χ2n) is 4.38. The molecule has 1 aliphatic rings. The fourth-order valence-corrected chi connectivity index (χ4v) is 2.24. The van der Waals surface area contributed by atoms with Crippen LogP contribution < -0.4 is 4.74 Å². The van der Waals surface area contributed by atoms with E-state index < -0.39 is 5.97 Å². The number of fused-ring (bicyclic) bond motifs is 2. The van der Waals surface area contributed by atoms with Crippen LogP contribution in [0.3, 0.4) is 0 Å². The summed E-state index contributed by atoms with van der Waals surface area (Å²) in [6.45, 7) is 0. The highest BCUT2D eigenvalue weighted by atomic mass is 16.5. The molecule has 1 aliphatic heterocycles. The Labute approximate surface area is 110 Å². The minimum atomic E-state index is -0.949. The van der Waals surface area contributed by atoms with Crippen molar-refractivity contribution < 1.29 is 14.6 Å². The molecule has 0 spiro atoms. The monoisotopic (exact) mass is 252 g/mol. The predicted molar refractivity (Wildman–Crippen MR) is 72.4 cm³/mol. The number of hydrogen-bond donors (Lipinski definition) is 1. The first-order valence-corrected chi connectivity index (χ1v) is 6.03. The highest BCUT2D eigenvalue weighted by Gasteiger charge is 2.18. The molecule has 0 saturated carbocycles. The molecule has 2 aromatic carbocycles. The van der Waals surface area contributed by atoms with Crippen LogP contribution in [0.1, 0.15) is 16.7 Å². The number of hydrogen-bond acceptors (Lipinski definition) is 2. The molecule has 0 fully saturated rings. The van der Waals surface area contributed by atoms with Gasteiger partial charge < -0.3 is 9.84 Å². The zero-order chi connectivity index (χ0) is 13.2. The maximum Gasteiger partial charge on any atom is 0.328 e. The lowest BCUT2D eigenvalue weighted by molar-refractivity contribution is -0.131. The standard InChI is InChI=1S/C16H12O3/c17-16(18)9-8-11-5-3-7-15-13(11)10-12-4-1-2-6-14(12)19-15/h1-9H,10H2,(H,17,18). The molecular formula is C16H12O3. The molecule has 94 valence electrons. The lowest BCUT2D eigenvalue weighted by atomic mass is 9.95. The number of ether oxygens (including phenoxy) is 1. The van der Waals surface area contributed by atoms with Crippen LogP contribution in [0.15, 0.2) is 48.5 Å². The van der Waals surface area contributed by atoms with E-state index in [1.807, 2.05) is 42.5 Å². The maximum absolute atomic E-state index is 10.6. The number of benzene rings is 2. The Morgan fingerprint density at radius 1 is 1.11 bits per heavy atom. The third-order valence-electron chi connectivity index (χ3n) is 3.13. The van der Waals surface area contributed by atoms with Crippen LogP contribution in [-0.4, -0.2) is 11.1 Å². The van der Waals surface area contributed by atoms with Gasteiger partial charge in [0.25, 0.3) is 0 Å². The Kier molecular flexibility index (Phi) is 2.80. The van der Waals surface area contributed by atoms with Gasteiger partial charge in [-0.05, 0) is 29.3 Å². The second kappa shape index (κ2) is 4.61. The van der Waals surface area contributed by atoms with Gasteiger partial charge in [-0.15, -0.1) is 0 Å². The quantitative estimate of drug-likeness (QED) is 0.710. The topological polar surface area (TPSA) is 46.5 Å². The van der Waals surface area contributed by atoms with E-state index in [4.69, 9.17) is 9.84 Å². The van der Waals surface area contributed by atoms with Gasteiger partial charge in [0.2, 0.25) is 0 Å². The Balaban J connectivity index is 2.03. The van der Waals surface area contributed by atoms with E-state index in [2.05, 4.69) is 0 Å². The van der Waals surface area contributed by atoms with Crippen molar-refractivity contribution in [1.82, 2.24) is 0 Å². The van der Waals surface area contributed by atoms with Crippen LogP contribution in [-0.2, 0) is 11.2 Å². The van der Waals surface area contributed by atoms with E-state index in [9.17, 15) is 4.79 Å². The summed E-state index contributed by atoms with van der Waals surface area (Å²) < 4.78 is 5.84. The van der Waals surface area contributed by atoms with E-state index in [1.54, 1.807) is 6.08 Å². The summed E-state index contributed by atoms with van der Waals surface area (Å²) in [6, 6.07) is 13.6. The fourth-order valence-electron chi connectivity index (χ4n) is 2.24. The molecule has 2 aromatic rings. The summed E-state index contributed by atoms with van der Waals surface area (Å²) in [5, 5.41) is 8.72. The van der Waals surface area contributed by atoms with Crippen molar-refractivity contribution in [2.45, 2.75) is 6.42 Å². The Morgan fingerprint density at radius 2 is 1.89 bits per heavy atom. The van der Waals surface area contributed by atoms with E-state index in [1.165, 1.54) is 0 Å². The van der Waals surface area contributed by atoms with Crippen molar-refractivity contribution in [3.8, 4) is 11.5 Å². The van der Waals surface area contributed by atoms with Crippen molar-refractivity contribution in [2.75, 3.05) is 0 Å². The van der Waals surface area contributed by atoms with Gasteiger partial charge in [-0.2, -0.15) is 0 Å². The van der Waals surface area contributed by atoms with Gasteiger partial charge in [0.1, 0.15) is 11.5 Å². The van der Waals surface area contributed by atoms with E-state index in [0.717, 1.165) is 40.7 Å². The smallest absolute Gasteiger partial charge is 0.328 e. The molecule has 0 atom stereocenters. The van der Waals surface area contributed by atoms with Gasteiger partial charge >= 0.3 is 5.97 Å². The molecule has 19 heavy (non-hydrogen) atoms. The van der Waals surface area contributed by atoms with Crippen molar-refractivity contribution in [3.05, 3.63) is 65.2 Å². The number of para-hydroxylation sites is 1. The summed E-state index contributed by atoms with van der Waals surface area (Å²) in [6.07, 6.45) is 3.51. The summed E-state index contributed by atoms with van der Waals surface area (Å²) in [4.78, 5) is 10.6. The first-order valence-electron chi connectivity index (χ1n) is 6.03. The van der Waals surface area contributed by atoms with Gasteiger partial charge in [-0.25, -0.2) is 4.79 Å². The molecule has 3 nitrogen and oxygen atoms in total. The third-order valence-corrected chi connectivity index (χ3v) is 3.13. The van der Waals surface area contributed by atoms with Gasteiger partial charge in [-0.1, -0.05) is 30.3 Å². The fraction of sp³-hybridized carbons (Fsp3) is 0.0625. The molecule has 1 heterocycles. The van der Waals surface area contributed by atoms with Gasteiger partial charge in [0.05, 0.1) is 0 Å². The van der Waals surface area contributed by atoms with E-state index in [0.29, 0.717) is 0 Å². The average molecular weight is 252 g/mol. The van der Waals surface area contributed by atoms with E-state index in [-0.39, 0.29) is 0 Å². The Morgan fingerprint density at radius 3 is 2.74 bits per heavy atom. The summed E-state index contributed by atoms with van der Waals surface area (Å²) in [5.74, 6) is 0.718. The molecule has 0 unspecified atom stereocenters. The zero-order valence-electron chi connectivity index (χ0n) is 10.2. The number of rotatable bonds is 2. The first kappa shape index (κ1) is 11.5. The number of carboxylic acids is 1. The van der Waals surface area contributed by atoms with Crippen LogP contribution in [0.4, 0.5) is 0 Å². The lowest BCUT2D eigenvalue weighted by Crippen LogP contribution is -2.04. The molecular weight excluding hydrogens is 240 g/mol. The number of aliphatic carboxylic acids is 1. The third kappa shape index (κ3) is 2.22. The van der Waals surface area contributed by atoms with Gasteiger partial charge in [0, 0.05) is 18.1 Å². The van der Waals surface area contributed by atoms with Gasteiger partial charge in [-0.3, -0.25) is 0 Å². The summed E-state index contributed by atoms with van der Waals surface area (Å²) in [5.41, 5.74) is 3.03. The predicted octanol–water partition coefficient (Wildman–Crippen LogP) is 3.48. The highest BCUT2D eigenvalue weighted by Crippen LogP contribution is 2.38. The van der Waals surface area contributed by atoms with Crippen LogP contribution in [0.5, 0.6) is 11.5 Å². The molecule has 0 aromatic heterocycles. The SMILES string of the molecule is O=C(O)C=Cc1cccc2c1Cc1ccccc1O2. The van der Waals surface area contributed by atoms with Crippen molar-refractivity contribution in [2.24, 2.45) is 0 Å². The molecule has 0 bridgehead atoms. The zero-order valence-corrected chi connectivity index (χ0v) is 10.2. The van der Waals surface area contributed by atoms with Crippen molar-refractivity contribution >= 4 is 12.0 Å². The van der Waals surface area contributed by atoms with Crippen molar-refractivity contribution in [1.29, 1.82) is 0 Å². The average Bonchev–Trinajstić information content (AvgIpc) is 2.42. The van der Waals surface area contributed by atoms with E-state index >= 15 is 0 Å². The van der Waals surface area contributed by atoms with Crippen LogP contribution >= 0.6 is 0 Å². The minimum Gasteiger partial charge on any atom is -0.478 e. The summed E-state index contributed by atoms with van der Waals surface area (Å²) in [7, 11) is 0. The number of carbonyl (C=O) groups is 1. The molecule has 0 saturated heterocycles. The maximum atomic E-state index is 10.6. The van der Waals surface area contributed by atoms with Crippen LogP contribution in [0, 0.1) is 0 Å². The van der Waals surface area contributed by atoms with Crippen LogP contribution in [0.25, 0.3) is 6.08 Å². The Bertz CT molecular complexity index is 671. The molecule has 0 aliphatic carbocycles. The molecule has 3 rings (SSSR count). The second-order valence-corrected chi connectivity index (χ2v) is 4.38. The molecule has 0 radical (unpaired) electrons. The van der Waals surface area contributed by atoms with Gasteiger partial charge in [0.15, 0.2) is 0 Å². The first-order chi connectivity index (χ1) is 9.24.